The van der Waals surface area contributed by atoms with Crippen LogP contribution in [0.2, 0.25) is 50.2 Å². The maximum absolute atomic E-state index is 7.49. The van der Waals surface area contributed by atoms with Crippen LogP contribution >= 0.6 is 116 Å². The molecule has 2 aliphatic heterocycles. The van der Waals surface area contributed by atoms with Crippen LogP contribution in [0.5, 0.6) is 23.0 Å². The van der Waals surface area contributed by atoms with Crippen LogP contribution in [0.1, 0.15) is 52.7 Å². The van der Waals surface area contributed by atoms with Gasteiger partial charge in [0.25, 0.3) is 0 Å². The molecule has 0 aliphatic carbocycles. The Bertz CT molecular complexity index is 4060. The van der Waals surface area contributed by atoms with Crippen molar-refractivity contribution in [1.29, 1.82) is 0 Å². The van der Waals surface area contributed by atoms with E-state index in [-0.39, 0.29) is 171 Å². The van der Waals surface area contributed by atoms with E-state index in [4.69, 9.17) is 165 Å². The van der Waals surface area contributed by atoms with Gasteiger partial charge in [0.2, 0.25) is 0 Å². The second-order valence-corrected chi connectivity index (χ2v) is 22.6. The molecule has 3 aromatic heterocycles. The minimum absolute atomic E-state index is 0. The summed E-state index contributed by atoms with van der Waals surface area (Å²) < 4.78 is 13.2. The van der Waals surface area contributed by atoms with Crippen molar-refractivity contribution >= 4 is 160 Å². The summed E-state index contributed by atoms with van der Waals surface area (Å²) in [7, 11) is 0. The van der Waals surface area contributed by atoms with Gasteiger partial charge in [-0.2, -0.15) is 0 Å². The molecular formula is C52H30Cl10N8O2Zn. The molecule has 73 heavy (non-hydrogen) atoms. The fourth-order valence-corrected chi connectivity index (χ4v) is 11.4. The smallest absolute Gasteiger partial charge is 0.454 e. The Morgan fingerprint density at radius 3 is 1.12 bits per heavy atom. The SMILES string of the molecule is CC(C)(C)c1ccccc1Oc1c(Cl)c(Cl)c2c(c1Cl)-c1nc-2nc2[n-]c(nc3nc(nc4[n-]c(n1)c1c(Cl)c(Oc5ccccc5C(C)(C)C)c(Cl)c(Cl)c41)-c1c(Cl)c(Cl)c(Cl)c(Cl)c1-3)c1ccccc21.[Zn+2]. The van der Waals surface area contributed by atoms with Gasteiger partial charge in [-0.05, 0) is 33.7 Å². The fourth-order valence-electron chi connectivity index (χ4n) is 8.71. The molecule has 0 unspecified atom stereocenters. The quantitative estimate of drug-likeness (QED) is 0.0956. The molecule has 5 heterocycles. The maximum Gasteiger partial charge on any atom is 2.00 e. The summed E-state index contributed by atoms with van der Waals surface area (Å²) in [5.41, 5.74) is 2.25. The normalized spacial score (nSPS) is 12.3. The summed E-state index contributed by atoms with van der Waals surface area (Å²) >= 11 is 71.4. The van der Waals surface area contributed by atoms with Gasteiger partial charge in [-0.15, -0.1) is 0 Å². The van der Waals surface area contributed by atoms with Gasteiger partial charge in [-0.25, -0.2) is 9.97 Å². The third-order valence-corrected chi connectivity index (χ3v) is 16.3. The topological polar surface area (TPSA) is 124 Å². The number of hydrogen-bond donors (Lipinski definition) is 0. The molecule has 0 saturated carbocycles. The van der Waals surface area contributed by atoms with E-state index in [9.17, 15) is 0 Å². The molecule has 0 saturated heterocycles. The van der Waals surface area contributed by atoms with E-state index in [0.29, 0.717) is 22.3 Å². The molecule has 0 radical (unpaired) electrons. The van der Waals surface area contributed by atoms with Gasteiger partial charge >= 0.3 is 19.5 Å². The van der Waals surface area contributed by atoms with Gasteiger partial charge in [0.1, 0.15) is 21.5 Å². The Morgan fingerprint density at radius 2 is 0.685 bits per heavy atom. The second-order valence-electron chi connectivity index (χ2n) is 18.8. The Morgan fingerprint density at radius 1 is 0.356 bits per heavy atom. The fraction of sp³-hybridized carbons (Fsp3) is 0.154. The van der Waals surface area contributed by atoms with Crippen LogP contribution in [-0.2, 0) is 30.3 Å². The molecule has 21 heteroatoms. The summed E-state index contributed by atoms with van der Waals surface area (Å²) in [6.45, 7) is 12.4. The van der Waals surface area contributed by atoms with Crippen molar-refractivity contribution < 1.29 is 29.0 Å². The van der Waals surface area contributed by atoms with Crippen LogP contribution in [0.4, 0.5) is 0 Å². The van der Waals surface area contributed by atoms with Gasteiger partial charge in [-0.3, -0.25) is 0 Å². The average molecular weight is 1220 g/mol. The van der Waals surface area contributed by atoms with Crippen molar-refractivity contribution in [3.63, 3.8) is 0 Å². The Labute approximate surface area is 479 Å². The first-order valence-electron chi connectivity index (χ1n) is 21.8. The van der Waals surface area contributed by atoms with E-state index >= 15 is 0 Å². The van der Waals surface area contributed by atoms with Gasteiger partial charge in [0.15, 0.2) is 11.5 Å². The van der Waals surface area contributed by atoms with Crippen molar-refractivity contribution in [2.45, 2.75) is 52.4 Å². The molecule has 10 nitrogen and oxygen atoms in total. The van der Waals surface area contributed by atoms with E-state index in [1.54, 1.807) is 0 Å². The van der Waals surface area contributed by atoms with Gasteiger partial charge in [0, 0.05) is 66.7 Å². The summed E-state index contributed by atoms with van der Waals surface area (Å²) in [5, 5.41) is 1.38. The first-order chi connectivity index (χ1) is 34.1. The van der Waals surface area contributed by atoms with E-state index in [1.807, 2.05) is 72.8 Å². The summed E-state index contributed by atoms with van der Waals surface area (Å²) in [6, 6.07) is 22.4. The zero-order valence-corrected chi connectivity index (χ0v) is 49.3. The molecule has 11 rings (SSSR count). The van der Waals surface area contributed by atoms with E-state index in [2.05, 4.69) is 41.5 Å². The minimum atomic E-state index is -0.350. The number of ether oxygens (including phenoxy) is 2. The molecule has 0 N–H and O–H groups in total. The minimum Gasteiger partial charge on any atom is -0.454 e. The maximum atomic E-state index is 7.49. The zero-order chi connectivity index (χ0) is 51.0. The molecule has 9 aromatic rings. The van der Waals surface area contributed by atoms with Crippen molar-refractivity contribution in [2.75, 3.05) is 0 Å². The van der Waals surface area contributed by atoms with Gasteiger partial charge in [-0.1, -0.05) is 218 Å². The number of para-hydroxylation sites is 2. The number of benzene rings is 6. The van der Waals surface area contributed by atoms with Crippen molar-refractivity contribution in [3.05, 3.63) is 134 Å². The molecule has 362 valence electrons. The third-order valence-electron chi connectivity index (χ3n) is 12.1. The number of hydrogen-bond acceptors (Lipinski definition) is 8. The van der Waals surface area contributed by atoms with Crippen LogP contribution < -0.4 is 19.4 Å². The van der Waals surface area contributed by atoms with Gasteiger partial charge in [0.05, 0.1) is 63.5 Å². The molecule has 0 amide bonds. The first kappa shape index (κ1) is 52.3. The van der Waals surface area contributed by atoms with Gasteiger partial charge < -0.3 is 39.4 Å². The average Bonchev–Trinajstić information content (AvgIpc) is 4.09. The number of aromatic nitrogens is 8. The Hall–Kier alpha value is -4.20. The van der Waals surface area contributed by atoms with Crippen LogP contribution in [0.25, 0.3) is 89.7 Å². The molecular weight excluding hydrogens is 1190 g/mol. The second kappa shape index (κ2) is 19.1. The molecule has 8 bridgehead atoms. The summed E-state index contributed by atoms with van der Waals surface area (Å²) in [6.07, 6.45) is 0. The zero-order valence-electron chi connectivity index (χ0n) is 38.8. The number of nitrogens with zero attached hydrogens (tertiary/aromatic N) is 8. The van der Waals surface area contributed by atoms with E-state index in [0.717, 1.165) is 11.1 Å². The third kappa shape index (κ3) is 8.60. The largest absolute Gasteiger partial charge is 2.00 e. The van der Waals surface area contributed by atoms with Crippen molar-refractivity contribution in [1.82, 2.24) is 39.9 Å². The molecule has 2 aliphatic rings. The van der Waals surface area contributed by atoms with Crippen LogP contribution in [0.15, 0.2) is 72.8 Å². The van der Waals surface area contributed by atoms with Crippen LogP contribution in [-0.4, -0.2) is 29.9 Å². The Balaban J connectivity index is 0.00000611. The molecule has 0 atom stereocenters. The molecule has 0 spiro atoms. The monoisotopic (exact) mass is 1210 g/mol. The van der Waals surface area contributed by atoms with Crippen LogP contribution in [0, 0.1) is 0 Å². The number of rotatable bonds is 4. The van der Waals surface area contributed by atoms with Crippen molar-refractivity contribution in [3.8, 4) is 68.5 Å². The standard InChI is InChI=1S/C52H30Cl10N8O2.Zn/c1-51(2,3)21-15-9-11-17-23(21)71-41-35(57)29-27(33(55)39(41)61)46-65-44-20-14-8-7-13-19(20)43(63-44)64-45-25-26(32(54)38(60)37(59)31(25)53)47(66-45)68-48-28-30(50(69-48)70-49(29)67-46)36(58)42(40(62)34(28)56)72-24-18-12-10-16-22(24)52(4,5)6;/h7-18H,1-6H3;/q-2;+2. The predicted octanol–water partition coefficient (Wildman–Crippen LogP) is 18.8. The number of halogens is 10. The summed E-state index contributed by atoms with van der Waals surface area (Å²) in [4.78, 5) is 39.8. The van der Waals surface area contributed by atoms with E-state index in [1.165, 1.54) is 0 Å². The van der Waals surface area contributed by atoms with E-state index < -0.39 is 0 Å². The molecule has 0 fully saturated rings. The number of fused-ring (bicyclic) bond motifs is 20. The van der Waals surface area contributed by atoms with Crippen LogP contribution in [0.3, 0.4) is 0 Å². The van der Waals surface area contributed by atoms with Crippen molar-refractivity contribution in [2.24, 2.45) is 0 Å². The summed E-state index contributed by atoms with van der Waals surface area (Å²) in [5.74, 6) is 1.11. The predicted molar refractivity (Wildman–Crippen MR) is 295 cm³/mol. The first-order valence-corrected chi connectivity index (χ1v) is 25.5. The molecule has 6 aromatic carbocycles. The Kier molecular flexibility index (Phi) is 13.7.